The van der Waals surface area contributed by atoms with Crippen LogP contribution in [0.15, 0.2) is 48.5 Å². The first-order valence-corrected chi connectivity index (χ1v) is 7.62. The standard InChI is InChI=1S/C18H18N4O.2BrH.Ni/c1-21-15-9-5-3-7-13(15)19-17(21)11-23-12-18-20-14-8-4-6-10-16(14)22(18)2;;;/h3-10H,11-12H2,1-2H3;2*1H;/q;;;+2/p-2. The number of hydrogen-bond acceptors (Lipinski definition) is 3. The van der Waals surface area contributed by atoms with Crippen molar-refractivity contribution in [1.29, 1.82) is 0 Å². The average molecular weight is 525 g/mol. The van der Waals surface area contributed by atoms with Crippen molar-refractivity contribution < 1.29 is 55.2 Å². The van der Waals surface area contributed by atoms with E-state index in [-0.39, 0.29) is 50.5 Å². The van der Waals surface area contributed by atoms with E-state index in [9.17, 15) is 0 Å². The SMILES string of the molecule is Cn1c(COCc2nc3ccccc3n2C)nc2ccccc21.[Br-].[Br-].[Ni+2]. The molecule has 26 heavy (non-hydrogen) atoms. The van der Waals surface area contributed by atoms with Crippen molar-refractivity contribution >= 4 is 22.1 Å². The number of hydrogen-bond donors (Lipinski definition) is 0. The van der Waals surface area contributed by atoms with E-state index in [0.717, 1.165) is 33.7 Å². The molecular formula is C18H18Br2N4NiO. The molecule has 4 aromatic rings. The van der Waals surface area contributed by atoms with Crippen LogP contribution in [0.5, 0.6) is 0 Å². The fourth-order valence-corrected chi connectivity index (χ4v) is 2.88. The van der Waals surface area contributed by atoms with Gasteiger partial charge in [-0.3, -0.25) is 0 Å². The molecule has 140 valence electrons. The third-order valence-electron chi connectivity index (χ3n) is 4.22. The van der Waals surface area contributed by atoms with Crippen LogP contribution in [-0.2, 0) is 48.5 Å². The van der Waals surface area contributed by atoms with Crippen LogP contribution in [0.2, 0.25) is 0 Å². The summed E-state index contributed by atoms with van der Waals surface area (Å²) < 4.78 is 10.0. The van der Waals surface area contributed by atoms with Gasteiger partial charge in [-0.05, 0) is 24.3 Å². The van der Waals surface area contributed by atoms with Crippen molar-refractivity contribution in [3.8, 4) is 0 Å². The van der Waals surface area contributed by atoms with E-state index in [4.69, 9.17) is 4.74 Å². The van der Waals surface area contributed by atoms with E-state index in [1.54, 1.807) is 0 Å². The van der Waals surface area contributed by atoms with Crippen molar-refractivity contribution in [1.82, 2.24) is 19.1 Å². The van der Waals surface area contributed by atoms with Gasteiger partial charge < -0.3 is 47.8 Å². The minimum absolute atomic E-state index is 0. The van der Waals surface area contributed by atoms with Gasteiger partial charge in [0.2, 0.25) is 0 Å². The Morgan fingerprint density at radius 2 is 1.12 bits per heavy atom. The quantitative estimate of drug-likeness (QED) is 0.271. The Morgan fingerprint density at radius 1 is 0.731 bits per heavy atom. The van der Waals surface area contributed by atoms with Gasteiger partial charge in [0, 0.05) is 14.1 Å². The summed E-state index contributed by atoms with van der Waals surface area (Å²) in [6.45, 7) is 0.933. The fourth-order valence-electron chi connectivity index (χ4n) is 2.88. The summed E-state index contributed by atoms with van der Waals surface area (Å²) in [4.78, 5) is 9.24. The van der Waals surface area contributed by atoms with Crippen LogP contribution in [0, 0.1) is 0 Å². The van der Waals surface area contributed by atoms with Crippen LogP contribution in [0.25, 0.3) is 22.1 Å². The molecule has 0 atom stereocenters. The molecule has 2 heterocycles. The molecule has 0 radical (unpaired) electrons. The molecule has 0 amide bonds. The smallest absolute Gasteiger partial charge is 1.00 e. The summed E-state index contributed by atoms with van der Waals surface area (Å²) in [6, 6.07) is 16.2. The molecule has 0 saturated carbocycles. The second-order valence-corrected chi connectivity index (χ2v) is 5.64. The molecule has 0 fully saturated rings. The maximum Gasteiger partial charge on any atom is 2.00 e. The number of rotatable bonds is 4. The molecule has 8 heteroatoms. The number of para-hydroxylation sites is 4. The second-order valence-electron chi connectivity index (χ2n) is 5.64. The van der Waals surface area contributed by atoms with Crippen molar-refractivity contribution in [2.45, 2.75) is 13.2 Å². The molecule has 2 aromatic carbocycles. The zero-order valence-corrected chi connectivity index (χ0v) is 18.5. The number of imidazole rings is 2. The summed E-state index contributed by atoms with van der Waals surface area (Å²) in [5.74, 6) is 1.84. The van der Waals surface area contributed by atoms with Gasteiger partial charge in [0.05, 0.1) is 22.1 Å². The Hall–Kier alpha value is -1.21. The number of ether oxygens (including phenoxy) is 1. The van der Waals surface area contributed by atoms with E-state index >= 15 is 0 Å². The summed E-state index contributed by atoms with van der Waals surface area (Å²) in [7, 11) is 4.03. The minimum Gasteiger partial charge on any atom is -1.00 e. The Labute approximate surface area is 183 Å². The predicted octanol–water partition coefficient (Wildman–Crippen LogP) is -2.82. The van der Waals surface area contributed by atoms with Crippen LogP contribution in [-0.4, -0.2) is 19.1 Å². The van der Waals surface area contributed by atoms with E-state index < -0.39 is 0 Å². The van der Waals surface area contributed by atoms with Gasteiger partial charge in [-0.2, -0.15) is 0 Å². The molecule has 0 bridgehead atoms. The van der Waals surface area contributed by atoms with Gasteiger partial charge in [0.25, 0.3) is 0 Å². The largest absolute Gasteiger partial charge is 2.00 e. The van der Waals surface area contributed by atoms with Gasteiger partial charge in [0.15, 0.2) is 0 Å². The molecule has 4 rings (SSSR count). The number of nitrogens with zero attached hydrogens (tertiary/aromatic N) is 4. The maximum absolute atomic E-state index is 5.86. The molecule has 0 N–H and O–H groups in total. The summed E-state index contributed by atoms with van der Waals surface area (Å²) >= 11 is 0. The van der Waals surface area contributed by atoms with Crippen LogP contribution in [0.1, 0.15) is 11.6 Å². The molecule has 5 nitrogen and oxygen atoms in total. The van der Waals surface area contributed by atoms with Crippen molar-refractivity contribution in [3.05, 3.63) is 60.2 Å². The van der Waals surface area contributed by atoms with Gasteiger partial charge >= 0.3 is 16.5 Å². The van der Waals surface area contributed by atoms with Gasteiger partial charge in [-0.15, -0.1) is 0 Å². The topological polar surface area (TPSA) is 44.9 Å². The zero-order valence-electron chi connectivity index (χ0n) is 14.3. The van der Waals surface area contributed by atoms with E-state index in [2.05, 4.69) is 31.2 Å². The van der Waals surface area contributed by atoms with Gasteiger partial charge in [0.1, 0.15) is 24.9 Å². The molecular weight excluding hydrogens is 507 g/mol. The fraction of sp³-hybridized carbons (Fsp3) is 0.222. The van der Waals surface area contributed by atoms with Crippen LogP contribution in [0.3, 0.4) is 0 Å². The predicted molar refractivity (Wildman–Crippen MR) is 89.9 cm³/mol. The molecule has 0 aliphatic rings. The first-order valence-electron chi connectivity index (χ1n) is 7.62. The van der Waals surface area contributed by atoms with Crippen molar-refractivity contribution in [3.63, 3.8) is 0 Å². The Bertz CT molecular complexity index is 919. The van der Waals surface area contributed by atoms with Gasteiger partial charge in [-0.1, -0.05) is 24.3 Å². The van der Waals surface area contributed by atoms with E-state index in [1.165, 1.54) is 0 Å². The first kappa shape index (κ1) is 22.8. The average Bonchev–Trinajstić information content (AvgIpc) is 3.07. The summed E-state index contributed by atoms with van der Waals surface area (Å²) in [6.07, 6.45) is 0. The Kier molecular flexibility index (Phi) is 8.47. The summed E-state index contributed by atoms with van der Waals surface area (Å²) in [5, 5.41) is 0. The molecule has 0 saturated heterocycles. The molecule has 0 unspecified atom stereocenters. The van der Waals surface area contributed by atoms with Crippen LogP contribution in [0.4, 0.5) is 0 Å². The maximum atomic E-state index is 5.86. The molecule has 0 aliphatic heterocycles. The Balaban J connectivity index is 0.00000113. The molecule has 2 aromatic heterocycles. The number of aryl methyl sites for hydroxylation is 2. The Morgan fingerprint density at radius 3 is 1.50 bits per heavy atom. The monoisotopic (exact) mass is 522 g/mol. The third-order valence-corrected chi connectivity index (χ3v) is 4.22. The number of halogens is 2. The van der Waals surface area contributed by atoms with Crippen molar-refractivity contribution in [2.24, 2.45) is 14.1 Å². The minimum atomic E-state index is 0. The van der Waals surface area contributed by atoms with Crippen LogP contribution >= 0.6 is 0 Å². The number of fused-ring (bicyclic) bond motifs is 2. The normalized spacial score (nSPS) is 10.2. The number of benzene rings is 2. The summed E-state index contributed by atoms with van der Waals surface area (Å²) in [5.41, 5.74) is 4.23. The molecule has 0 aliphatic carbocycles. The van der Waals surface area contributed by atoms with Crippen LogP contribution < -0.4 is 34.0 Å². The van der Waals surface area contributed by atoms with E-state index in [1.807, 2.05) is 50.5 Å². The first-order chi connectivity index (χ1) is 11.2. The second kappa shape index (κ2) is 9.65. The van der Waals surface area contributed by atoms with Crippen molar-refractivity contribution in [2.75, 3.05) is 0 Å². The third kappa shape index (κ3) is 4.20. The zero-order chi connectivity index (χ0) is 15.8. The van der Waals surface area contributed by atoms with E-state index in [0.29, 0.717) is 13.2 Å². The van der Waals surface area contributed by atoms with Gasteiger partial charge in [-0.25, -0.2) is 9.97 Å². The molecule has 0 spiro atoms. The number of aromatic nitrogens is 4.